The fourth-order valence-electron chi connectivity index (χ4n) is 4.47. The Labute approximate surface area is 112 Å². The molecule has 2 heteroatoms. The zero-order valence-corrected chi connectivity index (χ0v) is 13.0. The lowest BCUT2D eigenvalue weighted by Gasteiger charge is -2.52. The van der Waals surface area contributed by atoms with Crippen molar-refractivity contribution >= 4 is 0 Å². The van der Waals surface area contributed by atoms with E-state index in [1.54, 1.807) is 0 Å². The second-order valence-electron chi connectivity index (χ2n) is 8.24. The van der Waals surface area contributed by atoms with Crippen molar-refractivity contribution in [2.24, 2.45) is 11.3 Å². The monoisotopic (exact) mass is 254 g/mol. The summed E-state index contributed by atoms with van der Waals surface area (Å²) in [5.41, 5.74) is -0.927. The molecule has 0 aromatic carbocycles. The van der Waals surface area contributed by atoms with E-state index >= 15 is 0 Å². The number of ether oxygens (including phenoxy) is 1. The zero-order valence-electron chi connectivity index (χ0n) is 13.0. The van der Waals surface area contributed by atoms with Gasteiger partial charge in [0.15, 0.2) is 0 Å². The highest BCUT2D eigenvalue weighted by molar-refractivity contribution is 5.10. The van der Waals surface area contributed by atoms with Crippen LogP contribution in [0.25, 0.3) is 0 Å². The van der Waals surface area contributed by atoms with Crippen LogP contribution in [0.5, 0.6) is 0 Å². The summed E-state index contributed by atoms with van der Waals surface area (Å²) in [4.78, 5) is 0. The molecule has 2 rings (SSSR count). The van der Waals surface area contributed by atoms with Gasteiger partial charge >= 0.3 is 0 Å². The van der Waals surface area contributed by atoms with Crippen molar-refractivity contribution in [3.8, 4) is 0 Å². The van der Waals surface area contributed by atoms with Gasteiger partial charge in [-0.05, 0) is 52.4 Å². The van der Waals surface area contributed by atoms with Gasteiger partial charge in [-0.15, -0.1) is 0 Å². The normalized spacial score (nSPS) is 41.8. The van der Waals surface area contributed by atoms with Gasteiger partial charge in [0, 0.05) is 5.92 Å². The van der Waals surface area contributed by atoms with E-state index in [0.29, 0.717) is 0 Å². The van der Waals surface area contributed by atoms with Crippen molar-refractivity contribution in [3.05, 3.63) is 0 Å². The van der Waals surface area contributed by atoms with E-state index in [-0.39, 0.29) is 22.5 Å². The highest BCUT2D eigenvalue weighted by Gasteiger charge is 2.60. The van der Waals surface area contributed by atoms with E-state index in [9.17, 15) is 5.11 Å². The van der Waals surface area contributed by atoms with Crippen LogP contribution in [0, 0.1) is 11.3 Å². The topological polar surface area (TPSA) is 29.5 Å². The lowest BCUT2D eigenvalue weighted by atomic mass is 9.56. The molecule has 1 saturated heterocycles. The third kappa shape index (κ3) is 2.12. The van der Waals surface area contributed by atoms with Gasteiger partial charge in [0.05, 0.1) is 16.8 Å². The van der Waals surface area contributed by atoms with E-state index in [4.69, 9.17) is 4.74 Å². The first kappa shape index (κ1) is 14.3. The predicted molar refractivity (Wildman–Crippen MR) is 74.5 cm³/mol. The largest absolute Gasteiger partial charge is 0.389 e. The van der Waals surface area contributed by atoms with Crippen molar-refractivity contribution in [1.82, 2.24) is 0 Å². The van der Waals surface area contributed by atoms with Crippen LogP contribution >= 0.6 is 0 Å². The Balaban J connectivity index is 2.35. The highest BCUT2D eigenvalue weighted by atomic mass is 16.5. The van der Waals surface area contributed by atoms with E-state index in [2.05, 4.69) is 41.5 Å². The molecule has 2 aliphatic rings. The number of aliphatic hydroxyl groups is 1. The Bertz CT molecular complexity index is 330. The van der Waals surface area contributed by atoms with Crippen molar-refractivity contribution in [2.45, 2.75) is 90.4 Å². The standard InChI is InChI=1S/C16H30O2/c1-13(2)9-7-8-10-16(13,17)12-11-14(3,4)18-15(12,5)6/h12,17H,7-11H2,1-6H3. The SMILES string of the molecule is CC1(C)CC(C2(O)CCCCC2(C)C)C(C)(C)O1. The molecular weight excluding hydrogens is 224 g/mol. The average Bonchev–Trinajstić information content (AvgIpc) is 2.40. The Morgan fingerprint density at radius 1 is 0.944 bits per heavy atom. The predicted octanol–water partition coefficient (Wildman–Crippen LogP) is 3.91. The van der Waals surface area contributed by atoms with Crippen molar-refractivity contribution in [3.63, 3.8) is 0 Å². The molecule has 0 aromatic heterocycles. The molecule has 0 bridgehead atoms. The maximum atomic E-state index is 11.4. The van der Waals surface area contributed by atoms with Gasteiger partial charge in [-0.1, -0.05) is 26.7 Å². The zero-order chi connectivity index (χ0) is 13.8. The molecule has 18 heavy (non-hydrogen) atoms. The summed E-state index contributed by atoms with van der Waals surface area (Å²) in [6, 6.07) is 0. The van der Waals surface area contributed by atoms with Gasteiger partial charge < -0.3 is 9.84 Å². The quantitative estimate of drug-likeness (QED) is 0.768. The average molecular weight is 254 g/mol. The Kier molecular flexibility index (Phi) is 3.15. The van der Waals surface area contributed by atoms with E-state index in [0.717, 1.165) is 25.7 Å². The Hall–Kier alpha value is -0.0800. The fourth-order valence-corrected chi connectivity index (χ4v) is 4.47. The number of rotatable bonds is 1. The van der Waals surface area contributed by atoms with Crippen LogP contribution in [0.15, 0.2) is 0 Å². The molecule has 1 heterocycles. The maximum Gasteiger partial charge on any atom is 0.0754 e. The number of hydrogen-bond donors (Lipinski definition) is 1. The first-order valence-corrected chi connectivity index (χ1v) is 7.43. The highest BCUT2D eigenvalue weighted by Crippen LogP contribution is 2.56. The molecule has 1 saturated carbocycles. The van der Waals surface area contributed by atoms with Crippen LogP contribution < -0.4 is 0 Å². The van der Waals surface area contributed by atoms with Gasteiger partial charge in [0.2, 0.25) is 0 Å². The molecule has 0 aromatic rings. The minimum Gasteiger partial charge on any atom is -0.389 e. The molecule has 1 aliphatic carbocycles. The summed E-state index contributed by atoms with van der Waals surface area (Å²) >= 11 is 0. The summed E-state index contributed by atoms with van der Waals surface area (Å²) in [5.74, 6) is 0.232. The van der Waals surface area contributed by atoms with Crippen LogP contribution in [0.1, 0.15) is 73.6 Å². The van der Waals surface area contributed by atoms with Crippen molar-refractivity contribution < 1.29 is 9.84 Å². The molecular formula is C16H30O2. The summed E-state index contributed by atoms with van der Waals surface area (Å²) in [6.45, 7) is 13.0. The minimum atomic E-state index is -0.581. The van der Waals surface area contributed by atoms with E-state index < -0.39 is 5.60 Å². The van der Waals surface area contributed by atoms with E-state index in [1.807, 2.05) is 0 Å². The second kappa shape index (κ2) is 3.96. The molecule has 2 atom stereocenters. The van der Waals surface area contributed by atoms with Gasteiger partial charge in [0.1, 0.15) is 0 Å². The number of hydrogen-bond acceptors (Lipinski definition) is 2. The molecule has 0 amide bonds. The Morgan fingerprint density at radius 2 is 1.50 bits per heavy atom. The third-order valence-electron chi connectivity index (χ3n) is 5.43. The molecule has 2 fully saturated rings. The fraction of sp³-hybridized carbons (Fsp3) is 1.00. The summed E-state index contributed by atoms with van der Waals surface area (Å²) < 4.78 is 6.20. The van der Waals surface area contributed by atoms with Gasteiger partial charge in [0.25, 0.3) is 0 Å². The van der Waals surface area contributed by atoms with Crippen LogP contribution in [-0.4, -0.2) is 21.9 Å². The van der Waals surface area contributed by atoms with Crippen LogP contribution in [0.4, 0.5) is 0 Å². The van der Waals surface area contributed by atoms with Crippen LogP contribution in [0.3, 0.4) is 0 Å². The molecule has 0 spiro atoms. The molecule has 2 nitrogen and oxygen atoms in total. The smallest absolute Gasteiger partial charge is 0.0754 e. The summed E-state index contributed by atoms with van der Waals surface area (Å²) in [6.07, 6.45) is 5.39. The van der Waals surface area contributed by atoms with Crippen molar-refractivity contribution in [1.29, 1.82) is 0 Å². The molecule has 1 aliphatic heterocycles. The van der Waals surface area contributed by atoms with Gasteiger partial charge in [-0.3, -0.25) is 0 Å². The second-order valence-corrected chi connectivity index (χ2v) is 8.24. The molecule has 2 unspecified atom stereocenters. The van der Waals surface area contributed by atoms with Gasteiger partial charge in [-0.2, -0.15) is 0 Å². The van der Waals surface area contributed by atoms with Crippen LogP contribution in [-0.2, 0) is 4.74 Å². The molecule has 1 N–H and O–H groups in total. The third-order valence-corrected chi connectivity index (χ3v) is 5.43. The van der Waals surface area contributed by atoms with Gasteiger partial charge in [-0.25, -0.2) is 0 Å². The van der Waals surface area contributed by atoms with Crippen LogP contribution in [0.2, 0.25) is 0 Å². The van der Waals surface area contributed by atoms with Crippen molar-refractivity contribution in [2.75, 3.05) is 0 Å². The first-order chi connectivity index (χ1) is 8.00. The Morgan fingerprint density at radius 3 is 1.94 bits per heavy atom. The lowest BCUT2D eigenvalue weighted by molar-refractivity contribution is -0.174. The minimum absolute atomic E-state index is 0.00301. The molecule has 106 valence electrons. The first-order valence-electron chi connectivity index (χ1n) is 7.43. The lowest BCUT2D eigenvalue weighted by Crippen LogP contribution is -2.57. The molecule has 0 radical (unpaired) electrons. The van der Waals surface area contributed by atoms with E-state index in [1.165, 1.54) is 6.42 Å². The summed E-state index contributed by atoms with van der Waals surface area (Å²) in [5, 5.41) is 11.4. The maximum absolute atomic E-state index is 11.4. The summed E-state index contributed by atoms with van der Waals surface area (Å²) in [7, 11) is 0.